The van der Waals surface area contributed by atoms with Crippen LogP contribution in [0.4, 0.5) is 11.4 Å². The summed E-state index contributed by atoms with van der Waals surface area (Å²) in [6, 6.07) is 17.5. The number of nitrogens with zero attached hydrogens (tertiary/aromatic N) is 1. The van der Waals surface area contributed by atoms with E-state index in [9.17, 15) is 4.79 Å². The van der Waals surface area contributed by atoms with Crippen molar-refractivity contribution in [1.29, 1.82) is 0 Å². The Morgan fingerprint density at radius 3 is 2.40 bits per heavy atom. The molecule has 1 heterocycles. The summed E-state index contributed by atoms with van der Waals surface area (Å²) in [5.74, 6) is 1.16. The van der Waals surface area contributed by atoms with Crippen molar-refractivity contribution in [3.8, 4) is 0 Å². The predicted octanol–water partition coefficient (Wildman–Crippen LogP) is 4.93. The lowest BCUT2D eigenvalue weighted by molar-refractivity contribution is -0.117. The van der Waals surface area contributed by atoms with Crippen LogP contribution in [0.1, 0.15) is 43.9 Å². The molecule has 0 bridgehead atoms. The number of amides is 1. The molecule has 0 radical (unpaired) electrons. The van der Waals surface area contributed by atoms with E-state index < -0.39 is 0 Å². The molecule has 25 heavy (non-hydrogen) atoms. The van der Waals surface area contributed by atoms with Gasteiger partial charge in [0.15, 0.2) is 0 Å². The molecule has 3 nitrogen and oxygen atoms in total. The summed E-state index contributed by atoms with van der Waals surface area (Å²) in [7, 11) is 0. The van der Waals surface area contributed by atoms with Crippen molar-refractivity contribution in [3.05, 3.63) is 59.7 Å². The summed E-state index contributed by atoms with van der Waals surface area (Å²) in [4.78, 5) is 14.5. The molecule has 0 spiro atoms. The molecule has 2 aromatic carbocycles. The van der Waals surface area contributed by atoms with Gasteiger partial charge in [0.1, 0.15) is 0 Å². The summed E-state index contributed by atoms with van der Waals surface area (Å²) in [5.41, 5.74) is 4.71. The van der Waals surface area contributed by atoms with Gasteiger partial charge in [-0.05, 0) is 49.4 Å². The number of carbonyl (C=O) groups excluding carboxylic acids is 1. The Kier molecular flexibility index (Phi) is 4.03. The summed E-state index contributed by atoms with van der Waals surface area (Å²) in [5, 5.41) is 3.75. The number of fused-ring (bicyclic) bond motifs is 1. The zero-order valence-electron chi connectivity index (χ0n) is 15.2. The van der Waals surface area contributed by atoms with Crippen molar-refractivity contribution in [2.24, 2.45) is 11.8 Å². The Morgan fingerprint density at radius 1 is 1.08 bits per heavy atom. The standard InChI is InChI=1S/C22H26N2O/c1-14-8-12-18(13-9-14)23-21-15(2)22(17-10-11-17)24(16(3)25)20-7-5-4-6-19(20)21/h4-9,12-13,15,17,21-23H,10-11H2,1-3H3/t15-,21-,22-/m1/s1. The van der Waals surface area contributed by atoms with Crippen LogP contribution in [0.15, 0.2) is 48.5 Å². The molecule has 4 rings (SSSR count). The average Bonchev–Trinajstić information content (AvgIpc) is 3.43. The molecule has 0 unspecified atom stereocenters. The van der Waals surface area contributed by atoms with Crippen molar-refractivity contribution in [3.63, 3.8) is 0 Å². The van der Waals surface area contributed by atoms with Gasteiger partial charge in [-0.15, -0.1) is 0 Å². The molecule has 1 aliphatic heterocycles. The number of hydrogen-bond donors (Lipinski definition) is 1. The van der Waals surface area contributed by atoms with E-state index in [0.717, 1.165) is 11.4 Å². The van der Waals surface area contributed by atoms with E-state index >= 15 is 0 Å². The third kappa shape index (κ3) is 2.92. The first-order valence-corrected chi connectivity index (χ1v) is 9.28. The summed E-state index contributed by atoms with van der Waals surface area (Å²) in [6.07, 6.45) is 2.47. The number of nitrogens with one attached hydrogen (secondary N) is 1. The minimum Gasteiger partial charge on any atom is -0.378 e. The van der Waals surface area contributed by atoms with Crippen LogP contribution in [0.5, 0.6) is 0 Å². The van der Waals surface area contributed by atoms with Crippen LogP contribution >= 0.6 is 0 Å². The number of rotatable bonds is 3. The molecule has 1 N–H and O–H groups in total. The SMILES string of the molecule is CC(=O)N1c2ccccc2[C@H](Nc2ccc(C)cc2)[C@@H](C)[C@@H]1C1CC1. The number of aryl methyl sites for hydroxylation is 1. The number of hydrogen-bond acceptors (Lipinski definition) is 2. The largest absolute Gasteiger partial charge is 0.378 e. The lowest BCUT2D eigenvalue weighted by atomic mass is 9.80. The van der Waals surface area contributed by atoms with Gasteiger partial charge in [-0.25, -0.2) is 0 Å². The van der Waals surface area contributed by atoms with E-state index in [4.69, 9.17) is 0 Å². The second kappa shape index (κ2) is 6.21. The van der Waals surface area contributed by atoms with E-state index in [-0.39, 0.29) is 18.0 Å². The Bertz CT molecular complexity index is 779. The van der Waals surface area contributed by atoms with Crippen LogP contribution in [-0.4, -0.2) is 11.9 Å². The fourth-order valence-electron chi connectivity index (χ4n) is 4.34. The maximum Gasteiger partial charge on any atom is 0.224 e. The normalized spacial score (nSPS) is 25.4. The molecule has 130 valence electrons. The monoisotopic (exact) mass is 334 g/mol. The van der Waals surface area contributed by atoms with Gasteiger partial charge in [0.2, 0.25) is 5.91 Å². The van der Waals surface area contributed by atoms with Crippen LogP contribution < -0.4 is 10.2 Å². The highest BCUT2D eigenvalue weighted by atomic mass is 16.2. The Morgan fingerprint density at radius 2 is 1.76 bits per heavy atom. The Hall–Kier alpha value is -2.29. The van der Waals surface area contributed by atoms with Gasteiger partial charge in [0.05, 0.1) is 6.04 Å². The van der Waals surface area contributed by atoms with E-state index in [1.165, 1.54) is 24.0 Å². The number of para-hydroxylation sites is 1. The average molecular weight is 334 g/mol. The van der Waals surface area contributed by atoms with Gasteiger partial charge in [0, 0.05) is 30.3 Å². The van der Waals surface area contributed by atoms with Crippen molar-refractivity contribution < 1.29 is 4.79 Å². The quantitative estimate of drug-likeness (QED) is 0.863. The summed E-state index contributed by atoms with van der Waals surface area (Å²) in [6.45, 7) is 6.10. The van der Waals surface area contributed by atoms with Gasteiger partial charge in [-0.3, -0.25) is 4.79 Å². The zero-order valence-corrected chi connectivity index (χ0v) is 15.2. The molecule has 3 atom stereocenters. The fraction of sp³-hybridized carbons (Fsp3) is 0.409. The van der Waals surface area contributed by atoms with Crippen LogP contribution in [0.25, 0.3) is 0 Å². The topological polar surface area (TPSA) is 32.3 Å². The third-order valence-corrected chi connectivity index (χ3v) is 5.71. The van der Waals surface area contributed by atoms with Crippen LogP contribution in [0.2, 0.25) is 0 Å². The predicted molar refractivity (Wildman–Crippen MR) is 103 cm³/mol. The minimum absolute atomic E-state index is 0.157. The highest BCUT2D eigenvalue weighted by Crippen LogP contribution is 2.49. The fourth-order valence-corrected chi connectivity index (χ4v) is 4.34. The maximum absolute atomic E-state index is 12.5. The van der Waals surface area contributed by atoms with Gasteiger partial charge in [-0.1, -0.05) is 42.8 Å². The van der Waals surface area contributed by atoms with Crippen molar-refractivity contribution in [1.82, 2.24) is 0 Å². The molecule has 1 amide bonds. The molecule has 1 saturated carbocycles. The van der Waals surface area contributed by atoms with Crippen LogP contribution in [0.3, 0.4) is 0 Å². The third-order valence-electron chi connectivity index (χ3n) is 5.71. The first-order chi connectivity index (χ1) is 12.1. The minimum atomic E-state index is 0.157. The Balaban J connectivity index is 1.76. The smallest absolute Gasteiger partial charge is 0.224 e. The van der Waals surface area contributed by atoms with Gasteiger partial charge >= 0.3 is 0 Å². The van der Waals surface area contributed by atoms with Gasteiger partial charge < -0.3 is 10.2 Å². The lowest BCUT2D eigenvalue weighted by Crippen LogP contribution is -2.51. The second-order valence-electron chi connectivity index (χ2n) is 7.62. The second-order valence-corrected chi connectivity index (χ2v) is 7.62. The van der Waals surface area contributed by atoms with Crippen molar-refractivity contribution in [2.45, 2.75) is 45.7 Å². The molecule has 3 heteroatoms. The molecule has 0 aromatic heterocycles. The number of carbonyl (C=O) groups is 1. The van der Waals surface area contributed by atoms with Crippen LogP contribution in [-0.2, 0) is 4.79 Å². The number of benzene rings is 2. The van der Waals surface area contributed by atoms with Crippen molar-refractivity contribution in [2.75, 3.05) is 10.2 Å². The molecular formula is C22H26N2O. The van der Waals surface area contributed by atoms with E-state index in [0.29, 0.717) is 11.8 Å². The van der Waals surface area contributed by atoms with Gasteiger partial charge in [0.25, 0.3) is 0 Å². The molecule has 1 aliphatic carbocycles. The highest BCUT2D eigenvalue weighted by molar-refractivity contribution is 5.94. The molecule has 1 fully saturated rings. The van der Waals surface area contributed by atoms with E-state index in [1.54, 1.807) is 6.92 Å². The molecule has 0 saturated heterocycles. The first kappa shape index (κ1) is 16.2. The molecule has 2 aromatic rings. The highest BCUT2D eigenvalue weighted by Gasteiger charge is 2.47. The van der Waals surface area contributed by atoms with Crippen LogP contribution in [0, 0.1) is 18.8 Å². The molecule has 2 aliphatic rings. The van der Waals surface area contributed by atoms with Gasteiger partial charge in [-0.2, -0.15) is 0 Å². The zero-order chi connectivity index (χ0) is 17.6. The lowest BCUT2D eigenvalue weighted by Gasteiger charge is -2.46. The summed E-state index contributed by atoms with van der Waals surface area (Å²) >= 11 is 0. The first-order valence-electron chi connectivity index (χ1n) is 9.28. The van der Waals surface area contributed by atoms with Crippen molar-refractivity contribution >= 4 is 17.3 Å². The van der Waals surface area contributed by atoms with E-state index in [2.05, 4.69) is 66.5 Å². The Labute approximate surface area is 150 Å². The summed E-state index contributed by atoms with van der Waals surface area (Å²) < 4.78 is 0. The molecular weight excluding hydrogens is 308 g/mol. The number of anilines is 2. The van der Waals surface area contributed by atoms with E-state index in [1.807, 2.05) is 6.07 Å². The maximum atomic E-state index is 12.5.